The monoisotopic (exact) mass is 291 g/mol. The summed E-state index contributed by atoms with van der Waals surface area (Å²) < 4.78 is 0. The molecule has 1 fully saturated rings. The number of rotatable bonds is 2. The highest BCUT2D eigenvalue weighted by atomic mass is 32.2. The van der Waals surface area contributed by atoms with Gasteiger partial charge in [-0.2, -0.15) is 0 Å². The Morgan fingerprint density at radius 1 is 1.45 bits per heavy atom. The SMILES string of the molecule is CC1(C(=O)Nc2ccc3c(c2)NC(=O)CS3)CCCN1. The van der Waals surface area contributed by atoms with Crippen LogP contribution in [0.3, 0.4) is 0 Å². The van der Waals surface area contributed by atoms with E-state index in [-0.39, 0.29) is 11.8 Å². The zero-order chi connectivity index (χ0) is 14.2. The number of benzene rings is 1. The van der Waals surface area contributed by atoms with Crippen LogP contribution in [-0.4, -0.2) is 29.7 Å². The summed E-state index contributed by atoms with van der Waals surface area (Å²) in [5.41, 5.74) is 0.994. The molecule has 0 spiro atoms. The van der Waals surface area contributed by atoms with Crippen molar-refractivity contribution in [3.8, 4) is 0 Å². The summed E-state index contributed by atoms with van der Waals surface area (Å²) in [5.74, 6) is 0.417. The molecular weight excluding hydrogens is 274 g/mol. The van der Waals surface area contributed by atoms with E-state index in [4.69, 9.17) is 0 Å². The number of nitrogens with one attached hydrogen (secondary N) is 3. The molecule has 2 aliphatic rings. The minimum Gasteiger partial charge on any atom is -0.324 e. The van der Waals surface area contributed by atoms with Crippen molar-refractivity contribution in [1.82, 2.24) is 5.32 Å². The van der Waals surface area contributed by atoms with Gasteiger partial charge in [-0.1, -0.05) is 0 Å². The van der Waals surface area contributed by atoms with Gasteiger partial charge in [-0.3, -0.25) is 9.59 Å². The minimum atomic E-state index is -0.492. The van der Waals surface area contributed by atoms with E-state index in [9.17, 15) is 9.59 Å². The summed E-state index contributed by atoms with van der Waals surface area (Å²) in [6, 6.07) is 5.62. The first-order chi connectivity index (χ1) is 9.57. The van der Waals surface area contributed by atoms with Crippen LogP contribution in [0.2, 0.25) is 0 Å². The molecule has 1 aromatic carbocycles. The van der Waals surface area contributed by atoms with Crippen molar-refractivity contribution < 1.29 is 9.59 Å². The zero-order valence-electron chi connectivity index (χ0n) is 11.3. The van der Waals surface area contributed by atoms with E-state index < -0.39 is 5.54 Å². The first-order valence-electron chi connectivity index (χ1n) is 6.70. The average molecular weight is 291 g/mol. The van der Waals surface area contributed by atoms with Gasteiger partial charge in [-0.05, 0) is 44.5 Å². The van der Waals surface area contributed by atoms with E-state index in [1.54, 1.807) is 0 Å². The molecule has 0 aliphatic carbocycles. The zero-order valence-corrected chi connectivity index (χ0v) is 12.1. The maximum absolute atomic E-state index is 12.3. The number of carbonyl (C=O) groups excluding carboxylic acids is 2. The Morgan fingerprint density at radius 3 is 3.05 bits per heavy atom. The number of carbonyl (C=O) groups is 2. The quantitative estimate of drug-likeness (QED) is 0.777. The number of hydrogen-bond donors (Lipinski definition) is 3. The predicted molar refractivity (Wildman–Crippen MR) is 80.1 cm³/mol. The molecule has 3 N–H and O–H groups in total. The third-order valence-corrected chi connectivity index (χ3v) is 4.81. The van der Waals surface area contributed by atoms with Crippen molar-refractivity contribution in [3.63, 3.8) is 0 Å². The minimum absolute atomic E-state index is 0.00426. The summed E-state index contributed by atoms with van der Waals surface area (Å²) in [6.07, 6.45) is 1.86. The first kappa shape index (κ1) is 13.5. The summed E-state index contributed by atoms with van der Waals surface area (Å²) >= 11 is 1.51. The summed E-state index contributed by atoms with van der Waals surface area (Å²) in [4.78, 5) is 24.7. The third-order valence-electron chi connectivity index (χ3n) is 3.74. The smallest absolute Gasteiger partial charge is 0.244 e. The van der Waals surface area contributed by atoms with Crippen LogP contribution in [0.15, 0.2) is 23.1 Å². The van der Waals surface area contributed by atoms with E-state index in [2.05, 4.69) is 16.0 Å². The lowest BCUT2D eigenvalue weighted by molar-refractivity contribution is -0.121. The van der Waals surface area contributed by atoms with Crippen LogP contribution < -0.4 is 16.0 Å². The van der Waals surface area contributed by atoms with Gasteiger partial charge in [0.15, 0.2) is 0 Å². The van der Waals surface area contributed by atoms with Gasteiger partial charge in [0.1, 0.15) is 0 Å². The molecule has 20 heavy (non-hydrogen) atoms. The van der Waals surface area contributed by atoms with E-state index in [0.717, 1.165) is 30.0 Å². The van der Waals surface area contributed by atoms with Crippen LogP contribution in [0.1, 0.15) is 19.8 Å². The van der Waals surface area contributed by atoms with E-state index in [1.165, 1.54) is 11.8 Å². The van der Waals surface area contributed by atoms with Crippen molar-refractivity contribution in [2.45, 2.75) is 30.2 Å². The van der Waals surface area contributed by atoms with Gasteiger partial charge in [0.2, 0.25) is 11.8 Å². The molecule has 2 amide bonds. The third kappa shape index (κ3) is 2.53. The maximum atomic E-state index is 12.3. The first-order valence-corrected chi connectivity index (χ1v) is 7.69. The number of thioether (sulfide) groups is 1. The normalized spacial score (nSPS) is 24.9. The van der Waals surface area contributed by atoms with Gasteiger partial charge in [-0.15, -0.1) is 11.8 Å². The van der Waals surface area contributed by atoms with Gasteiger partial charge in [-0.25, -0.2) is 0 Å². The van der Waals surface area contributed by atoms with Crippen LogP contribution in [0.25, 0.3) is 0 Å². The Balaban J connectivity index is 1.76. The molecule has 3 rings (SSSR count). The van der Waals surface area contributed by atoms with Gasteiger partial charge in [0, 0.05) is 10.6 Å². The number of hydrogen-bond acceptors (Lipinski definition) is 4. The van der Waals surface area contributed by atoms with Gasteiger partial charge in [0.25, 0.3) is 0 Å². The highest BCUT2D eigenvalue weighted by Crippen LogP contribution is 2.33. The van der Waals surface area contributed by atoms with Crippen molar-refractivity contribution >= 4 is 35.0 Å². The highest BCUT2D eigenvalue weighted by molar-refractivity contribution is 8.00. The molecule has 2 aliphatic heterocycles. The Hall–Kier alpha value is -1.53. The Labute approximate surface area is 121 Å². The summed E-state index contributed by atoms with van der Waals surface area (Å²) in [5, 5.41) is 8.99. The van der Waals surface area contributed by atoms with Crippen LogP contribution >= 0.6 is 11.8 Å². The van der Waals surface area contributed by atoms with E-state index in [0.29, 0.717) is 11.4 Å². The second-order valence-electron chi connectivity index (χ2n) is 5.36. The second-order valence-corrected chi connectivity index (χ2v) is 6.38. The fraction of sp³-hybridized carbons (Fsp3) is 0.429. The van der Waals surface area contributed by atoms with Crippen molar-refractivity contribution in [2.24, 2.45) is 0 Å². The van der Waals surface area contributed by atoms with Crippen LogP contribution in [-0.2, 0) is 9.59 Å². The van der Waals surface area contributed by atoms with Crippen LogP contribution in [0.4, 0.5) is 11.4 Å². The fourth-order valence-electron chi connectivity index (χ4n) is 2.52. The summed E-state index contributed by atoms with van der Waals surface area (Å²) in [7, 11) is 0. The maximum Gasteiger partial charge on any atom is 0.244 e. The Kier molecular flexibility index (Phi) is 3.43. The lowest BCUT2D eigenvalue weighted by Gasteiger charge is -2.24. The molecule has 1 atom stereocenters. The van der Waals surface area contributed by atoms with E-state index >= 15 is 0 Å². The molecule has 1 saturated heterocycles. The van der Waals surface area contributed by atoms with Gasteiger partial charge >= 0.3 is 0 Å². The molecule has 2 heterocycles. The van der Waals surface area contributed by atoms with Gasteiger partial charge in [0.05, 0.1) is 17.0 Å². The summed E-state index contributed by atoms with van der Waals surface area (Å²) in [6.45, 7) is 2.80. The fourth-order valence-corrected chi connectivity index (χ4v) is 3.31. The molecule has 6 heteroatoms. The molecular formula is C14H17N3O2S. The van der Waals surface area contributed by atoms with Gasteiger partial charge < -0.3 is 16.0 Å². The molecule has 0 aromatic heterocycles. The highest BCUT2D eigenvalue weighted by Gasteiger charge is 2.35. The Bertz CT molecular complexity index is 568. The molecule has 0 saturated carbocycles. The van der Waals surface area contributed by atoms with Crippen molar-refractivity contribution in [3.05, 3.63) is 18.2 Å². The second kappa shape index (κ2) is 5.10. The van der Waals surface area contributed by atoms with Crippen molar-refractivity contribution in [1.29, 1.82) is 0 Å². The molecule has 106 valence electrons. The largest absolute Gasteiger partial charge is 0.324 e. The topological polar surface area (TPSA) is 70.2 Å². The van der Waals surface area contributed by atoms with Crippen molar-refractivity contribution in [2.75, 3.05) is 22.9 Å². The van der Waals surface area contributed by atoms with Crippen LogP contribution in [0.5, 0.6) is 0 Å². The van der Waals surface area contributed by atoms with E-state index in [1.807, 2.05) is 25.1 Å². The molecule has 5 nitrogen and oxygen atoms in total. The number of fused-ring (bicyclic) bond motifs is 1. The predicted octanol–water partition coefficient (Wildman–Crippen LogP) is 1.81. The number of anilines is 2. The molecule has 0 bridgehead atoms. The number of amides is 2. The average Bonchev–Trinajstić information content (AvgIpc) is 2.86. The lowest BCUT2D eigenvalue weighted by Crippen LogP contribution is -2.47. The molecule has 1 unspecified atom stereocenters. The standard InChI is InChI=1S/C14H17N3O2S/c1-14(5-2-6-15-14)13(19)16-9-3-4-11-10(7-9)17-12(18)8-20-11/h3-4,7,15H,2,5-6,8H2,1H3,(H,16,19)(H,17,18). The molecule has 1 aromatic rings. The molecule has 0 radical (unpaired) electrons. The Morgan fingerprint density at radius 2 is 2.30 bits per heavy atom. The van der Waals surface area contributed by atoms with Crippen LogP contribution in [0, 0.1) is 0 Å². The lowest BCUT2D eigenvalue weighted by atomic mass is 9.99.